The third-order valence-electron chi connectivity index (χ3n) is 2.70. The highest BCUT2D eigenvalue weighted by atomic mass is 79.9. The summed E-state index contributed by atoms with van der Waals surface area (Å²) < 4.78 is 57.3. The summed E-state index contributed by atoms with van der Waals surface area (Å²) in [4.78, 5) is -1.34. The van der Waals surface area contributed by atoms with Crippen LogP contribution in [0.15, 0.2) is 69.4 Å². The predicted molar refractivity (Wildman–Crippen MR) is 84.7 cm³/mol. The quantitative estimate of drug-likeness (QED) is 0.468. The summed E-state index contributed by atoms with van der Waals surface area (Å²) in [7, 11) is -8.59. The van der Waals surface area contributed by atoms with Gasteiger partial charge in [0.25, 0.3) is 0 Å². The van der Waals surface area contributed by atoms with Gasteiger partial charge < -0.3 is 0 Å². The van der Waals surface area contributed by atoms with E-state index in [2.05, 4.69) is 15.9 Å². The highest BCUT2D eigenvalue weighted by Gasteiger charge is 2.62. The molecular weight excluding hydrogens is 392 g/mol. The Morgan fingerprint density at radius 2 is 1.43 bits per heavy atom. The maximum Gasteiger partial charge on any atom is 0.205 e. The van der Waals surface area contributed by atoms with Crippen molar-refractivity contribution in [2.45, 2.75) is 4.90 Å². The zero-order valence-electron chi connectivity index (χ0n) is 10.4. The van der Waals surface area contributed by atoms with E-state index in [0.717, 1.165) is 12.1 Å². The molecule has 0 unspecified atom stereocenters. The Morgan fingerprint density at radius 1 is 0.905 bits per heavy atom. The highest BCUT2D eigenvalue weighted by molar-refractivity contribution is 9.10. The van der Waals surface area contributed by atoms with E-state index in [1.54, 1.807) is 6.07 Å². The summed E-state index contributed by atoms with van der Waals surface area (Å²) in [6, 6.07) is 11.1. The van der Waals surface area contributed by atoms with E-state index in [9.17, 15) is 15.5 Å². The Balaban J connectivity index is 2.59. The second-order valence-corrected chi connectivity index (χ2v) is 8.71. The van der Waals surface area contributed by atoms with Gasteiger partial charge in [0.1, 0.15) is 0 Å². The first-order valence-corrected chi connectivity index (χ1v) is 8.99. The average Bonchev–Trinajstić information content (AvgIpc) is 2.38. The highest BCUT2D eigenvalue weighted by Crippen LogP contribution is 3.02. The first-order valence-electron chi connectivity index (χ1n) is 5.71. The van der Waals surface area contributed by atoms with Gasteiger partial charge in [-0.05, 0) is 29.8 Å². The normalized spacial score (nSPS) is 16.2. The van der Waals surface area contributed by atoms with Crippen LogP contribution in [0.3, 0.4) is 0 Å². The Hall–Kier alpha value is -0.980. The molecule has 0 atom stereocenters. The molecule has 0 aliphatic heterocycles. The summed E-state index contributed by atoms with van der Waals surface area (Å²) in [5.74, 6) is 0. The standard InChI is InChI=1S/C14H10BrClF4S/c15-12-6-8-13(9-7-12)21(17,18,19,20)10-14(16)11-4-2-1-3-5-11/h1-10H. The lowest BCUT2D eigenvalue weighted by Gasteiger charge is -2.47. The van der Waals surface area contributed by atoms with E-state index >= 15 is 0 Å². The molecule has 0 amide bonds. The largest absolute Gasteiger partial charge is 0.205 e. The topological polar surface area (TPSA) is 0 Å². The monoisotopic (exact) mass is 400 g/mol. The number of hydrogen-bond donors (Lipinski definition) is 0. The molecule has 0 bridgehead atoms. The van der Waals surface area contributed by atoms with Gasteiger partial charge in [-0.25, -0.2) is 0 Å². The van der Waals surface area contributed by atoms with Crippen molar-refractivity contribution in [1.82, 2.24) is 0 Å². The lowest BCUT2D eigenvalue weighted by Crippen LogP contribution is -2.10. The number of halogens is 6. The zero-order valence-corrected chi connectivity index (χ0v) is 13.6. The van der Waals surface area contributed by atoms with Crippen LogP contribution in [0.25, 0.3) is 5.03 Å². The molecule has 7 heteroatoms. The van der Waals surface area contributed by atoms with Crippen molar-refractivity contribution < 1.29 is 15.5 Å². The van der Waals surface area contributed by atoms with Crippen molar-refractivity contribution in [3.63, 3.8) is 0 Å². The van der Waals surface area contributed by atoms with Crippen LogP contribution in [0, 0.1) is 0 Å². The molecular formula is C14H10BrClF4S. The number of benzene rings is 2. The zero-order chi connectivity index (χ0) is 15.8. The van der Waals surface area contributed by atoms with Gasteiger partial charge in [-0.1, -0.05) is 57.9 Å². The summed E-state index contributed by atoms with van der Waals surface area (Å²) in [5, 5.41) is -1.09. The Bertz CT molecular complexity index is 692. The molecule has 0 spiro atoms. The Morgan fingerprint density at radius 3 is 1.95 bits per heavy atom. The fourth-order valence-corrected chi connectivity index (χ4v) is 3.98. The first-order chi connectivity index (χ1) is 9.50. The molecule has 0 fully saturated rings. The third kappa shape index (κ3) is 3.81. The molecule has 2 aromatic carbocycles. The minimum absolute atomic E-state index is 0.104. The SMILES string of the molecule is FS(F)(F)(F)(C=C(Cl)c1ccccc1)c1ccc(Br)cc1. The molecule has 2 rings (SSSR count). The fourth-order valence-electron chi connectivity index (χ4n) is 1.66. The van der Waals surface area contributed by atoms with Crippen LogP contribution in [0.4, 0.5) is 15.5 Å². The van der Waals surface area contributed by atoms with Gasteiger partial charge in [0.15, 0.2) is 0 Å². The molecule has 0 heterocycles. The summed E-state index contributed by atoms with van der Waals surface area (Å²) in [5.41, 5.74) is 0.104. The maximum absolute atomic E-state index is 14.2. The number of rotatable bonds is 3. The second-order valence-electron chi connectivity index (χ2n) is 4.42. The Kier molecular flexibility index (Phi) is 3.72. The molecule has 0 saturated carbocycles. The van der Waals surface area contributed by atoms with Gasteiger partial charge >= 0.3 is 0 Å². The van der Waals surface area contributed by atoms with Crippen LogP contribution in [0.2, 0.25) is 0 Å². The molecule has 21 heavy (non-hydrogen) atoms. The van der Waals surface area contributed by atoms with Crippen molar-refractivity contribution in [3.8, 4) is 0 Å². The third-order valence-corrected chi connectivity index (χ3v) is 5.65. The van der Waals surface area contributed by atoms with E-state index < -0.39 is 25.2 Å². The van der Waals surface area contributed by atoms with E-state index in [1.165, 1.54) is 24.3 Å². The van der Waals surface area contributed by atoms with E-state index in [-0.39, 0.29) is 5.56 Å². The minimum atomic E-state index is -8.59. The smallest absolute Gasteiger partial charge is 0.117 e. The van der Waals surface area contributed by atoms with E-state index in [1.807, 2.05) is 0 Å². The lowest BCUT2D eigenvalue weighted by atomic mass is 10.2. The average molecular weight is 402 g/mol. The van der Waals surface area contributed by atoms with Crippen LogP contribution in [0.5, 0.6) is 0 Å². The summed E-state index contributed by atoms with van der Waals surface area (Å²) >= 11 is 8.69. The van der Waals surface area contributed by atoms with Crippen LogP contribution in [-0.4, -0.2) is 0 Å². The van der Waals surface area contributed by atoms with Gasteiger partial charge in [-0.15, -0.1) is 15.5 Å². The molecule has 2 aromatic rings. The van der Waals surface area contributed by atoms with Crippen LogP contribution in [0.1, 0.15) is 5.56 Å². The van der Waals surface area contributed by atoms with E-state index in [4.69, 9.17) is 11.6 Å². The van der Waals surface area contributed by atoms with Crippen molar-refractivity contribution in [2.24, 2.45) is 0 Å². The van der Waals surface area contributed by atoms with Crippen molar-refractivity contribution in [1.29, 1.82) is 0 Å². The molecule has 0 aliphatic carbocycles. The Labute approximate surface area is 133 Å². The molecule has 0 aliphatic rings. The molecule has 0 saturated heterocycles. The summed E-state index contributed by atoms with van der Waals surface area (Å²) in [6.07, 6.45) is 0. The molecule has 114 valence electrons. The van der Waals surface area contributed by atoms with E-state index in [0.29, 0.717) is 16.6 Å². The predicted octanol–water partition coefficient (Wildman–Crippen LogP) is 7.46. The van der Waals surface area contributed by atoms with Gasteiger partial charge in [-0.3, -0.25) is 0 Å². The van der Waals surface area contributed by atoms with Gasteiger partial charge in [0.05, 0.1) is 15.3 Å². The van der Waals surface area contributed by atoms with Crippen LogP contribution >= 0.6 is 37.4 Å². The molecule has 0 N–H and O–H groups in total. The second kappa shape index (κ2) is 4.76. The maximum atomic E-state index is 14.2. The van der Waals surface area contributed by atoms with Crippen LogP contribution in [-0.2, 0) is 0 Å². The fraction of sp³-hybridized carbons (Fsp3) is 0. The van der Waals surface area contributed by atoms with Gasteiger partial charge in [0, 0.05) is 4.47 Å². The lowest BCUT2D eigenvalue weighted by molar-refractivity contribution is 0.466. The van der Waals surface area contributed by atoms with Crippen molar-refractivity contribution in [2.75, 3.05) is 0 Å². The molecule has 0 nitrogen and oxygen atoms in total. The van der Waals surface area contributed by atoms with Crippen molar-refractivity contribution >= 4 is 42.4 Å². The van der Waals surface area contributed by atoms with Gasteiger partial charge in [0.2, 0.25) is 9.84 Å². The van der Waals surface area contributed by atoms with Crippen molar-refractivity contribution in [3.05, 3.63) is 70.0 Å². The van der Waals surface area contributed by atoms with Gasteiger partial charge in [-0.2, -0.15) is 0 Å². The summed E-state index contributed by atoms with van der Waals surface area (Å²) in [6.45, 7) is 0. The first kappa shape index (κ1) is 16.4. The molecule has 0 aromatic heterocycles. The van der Waals surface area contributed by atoms with Crippen LogP contribution < -0.4 is 0 Å². The number of hydrogen-bond acceptors (Lipinski definition) is 0. The minimum Gasteiger partial charge on any atom is -0.117 e. The molecule has 0 radical (unpaired) electrons.